The van der Waals surface area contributed by atoms with Gasteiger partial charge in [0.15, 0.2) is 0 Å². The molecule has 0 unspecified atom stereocenters. The Hall–Kier alpha value is -1.75. The highest BCUT2D eigenvalue weighted by Crippen LogP contribution is 2.22. The zero-order valence-corrected chi connectivity index (χ0v) is 10.2. The second kappa shape index (κ2) is 5.54. The van der Waals surface area contributed by atoms with Gasteiger partial charge in [0.2, 0.25) is 0 Å². The van der Waals surface area contributed by atoms with Crippen LogP contribution in [0.4, 0.5) is 0 Å². The maximum Gasteiger partial charge on any atom is 0.325 e. The lowest BCUT2D eigenvalue weighted by molar-refractivity contribution is -0.141. The maximum atomic E-state index is 11.9. The minimum atomic E-state index is -0.530. The van der Waals surface area contributed by atoms with E-state index < -0.39 is 11.9 Å². The van der Waals surface area contributed by atoms with Crippen LogP contribution in [-0.4, -0.2) is 42.6 Å². The maximum absolute atomic E-state index is 11.9. The Labute approximate surface area is 104 Å². The van der Waals surface area contributed by atoms with Gasteiger partial charge in [-0.1, -0.05) is 11.6 Å². The number of nitrogens with zero attached hydrogens (tertiary/aromatic N) is 1. The number of esters is 1. The van der Waals surface area contributed by atoms with E-state index in [1.807, 2.05) is 0 Å². The average molecular weight is 258 g/mol. The van der Waals surface area contributed by atoms with Crippen molar-refractivity contribution in [1.29, 1.82) is 0 Å². The molecule has 0 aliphatic heterocycles. The summed E-state index contributed by atoms with van der Waals surface area (Å²) < 4.78 is 4.45. The predicted octanol–water partition coefficient (Wildman–Crippen LogP) is 1.29. The molecule has 1 amide bonds. The third-order valence-corrected chi connectivity index (χ3v) is 2.45. The lowest BCUT2D eigenvalue weighted by Crippen LogP contribution is -2.32. The Morgan fingerprint density at radius 1 is 1.47 bits per heavy atom. The first kappa shape index (κ1) is 13.3. The zero-order valence-electron chi connectivity index (χ0n) is 9.44. The molecule has 0 aromatic heterocycles. The van der Waals surface area contributed by atoms with E-state index >= 15 is 0 Å². The zero-order chi connectivity index (χ0) is 13.0. The lowest BCUT2D eigenvalue weighted by atomic mass is 10.2. The van der Waals surface area contributed by atoms with Gasteiger partial charge in [0, 0.05) is 7.05 Å². The Bertz CT molecular complexity index is 447. The van der Waals surface area contributed by atoms with Gasteiger partial charge in [0.1, 0.15) is 12.3 Å². The summed E-state index contributed by atoms with van der Waals surface area (Å²) in [6.45, 7) is -0.179. The first-order chi connectivity index (χ1) is 7.95. The van der Waals surface area contributed by atoms with E-state index in [-0.39, 0.29) is 22.9 Å². The van der Waals surface area contributed by atoms with Gasteiger partial charge in [-0.3, -0.25) is 9.59 Å². The molecular formula is C11H12ClNO4. The second-order valence-electron chi connectivity index (χ2n) is 3.40. The third kappa shape index (κ3) is 3.35. The Balaban J connectivity index is 2.88. The van der Waals surface area contributed by atoms with Crippen molar-refractivity contribution in [3.63, 3.8) is 0 Å². The fourth-order valence-electron chi connectivity index (χ4n) is 1.21. The highest BCUT2D eigenvalue weighted by Gasteiger charge is 2.18. The molecule has 0 saturated heterocycles. The van der Waals surface area contributed by atoms with Gasteiger partial charge in [0.25, 0.3) is 5.91 Å². The van der Waals surface area contributed by atoms with Crippen LogP contribution in [0, 0.1) is 0 Å². The number of phenols is 1. The molecule has 92 valence electrons. The first-order valence-electron chi connectivity index (χ1n) is 4.76. The van der Waals surface area contributed by atoms with Crippen LogP contribution >= 0.6 is 11.6 Å². The van der Waals surface area contributed by atoms with Crippen molar-refractivity contribution in [3.05, 3.63) is 28.8 Å². The van der Waals surface area contributed by atoms with E-state index in [2.05, 4.69) is 4.74 Å². The molecule has 0 saturated carbocycles. The first-order valence-corrected chi connectivity index (χ1v) is 5.14. The fourth-order valence-corrected chi connectivity index (χ4v) is 1.41. The van der Waals surface area contributed by atoms with Gasteiger partial charge in [0.05, 0.1) is 17.7 Å². The number of rotatable bonds is 3. The van der Waals surface area contributed by atoms with Crippen LogP contribution in [0.15, 0.2) is 18.2 Å². The number of methoxy groups -OCH3 is 1. The Morgan fingerprint density at radius 3 is 2.71 bits per heavy atom. The number of hydrogen-bond donors (Lipinski definition) is 1. The molecule has 1 N–H and O–H groups in total. The molecule has 1 rings (SSSR count). The Kier molecular flexibility index (Phi) is 4.34. The van der Waals surface area contributed by atoms with E-state index in [4.69, 9.17) is 11.6 Å². The number of aromatic hydroxyl groups is 1. The number of carbonyl (C=O) groups excluding carboxylic acids is 2. The van der Waals surface area contributed by atoms with Gasteiger partial charge in [-0.05, 0) is 18.2 Å². The summed E-state index contributed by atoms with van der Waals surface area (Å²) in [7, 11) is 2.68. The van der Waals surface area contributed by atoms with Gasteiger partial charge < -0.3 is 14.7 Å². The number of carbonyl (C=O) groups is 2. The molecular weight excluding hydrogens is 246 g/mol. The number of ether oxygens (including phenoxy) is 1. The van der Waals surface area contributed by atoms with Gasteiger partial charge in [-0.15, -0.1) is 0 Å². The molecule has 0 atom stereocenters. The van der Waals surface area contributed by atoms with Gasteiger partial charge >= 0.3 is 5.97 Å². The van der Waals surface area contributed by atoms with Crippen molar-refractivity contribution in [2.24, 2.45) is 0 Å². The molecule has 17 heavy (non-hydrogen) atoms. The molecule has 6 heteroatoms. The number of halogens is 1. The summed E-state index contributed by atoms with van der Waals surface area (Å²) in [4.78, 5) is 24.1. The van der Waals surface area contributed by atoms with Crippen LogP contribution < -0.4 is 0 Å². The number of amides is 1. The van der Waals surface area contributed by atoms with Gasteiger partial charge in [-0.25, -0.2) is 0 Å². The van der Waals surface area contributed by atoms with Crippen LogP contribution in [0.5, 0.6) is 5.75 Å². The quantitative estimate of drug-likeness (QED) is 0.829. The van der Waals surface area contributed by atoms with Crippen LogP contribution in [0.3, 0.4) is 0 Å². The van der Waals surface area contributed by atoms with Crippen molar-refractivity contribution in [2.45, 2.75) is 0 Å². The Morgan fingerprint density at radius 2 is 2.12 bits per heavy atom. The summed E-state index contributed by atoms with van der Waals surface area (Å²) in [5.41, 5.74) is 0.137. The van der Waals surface area contributed by atoms with E-state index in [9.17, 15) is 14.7 Å². The number of likely N-dealkylation sites (N-methyl/N-ethyl adjacent to an activating group) is 1. The summed E-state index contributed by atoms with van der Waals surface area (Å²) >= 11 is 5.83. The molecule has 1 aromatic rings. The fraction of sp³-hybridized carbons (Fsp3) is 0.273. The number of benzene rings is 1. The smallest absolute Gasteiger partial charge is 0.325 e. The SMILES string of the molecule is COC(=O)CN(C)C(=O)c1cc(O)ccc1Cl. The topological polar surface area (TPSA) is 66.8 Å². The molecule has 0 spiro atoms. The van der Waals surface area contributed by atoms with Gasteiger partial charge in [-0.2, -0.15) is 0 Å². The van der Waals surface area contributed by atoms with Crippen LogP contribution in [0.2, 0.25) is 5.02 Å². The highest BCUT2D eigenvalue weighted by molar-refractivity contribution is 6.33. The molecule has 0 aliphatic carbocycles. The predicted molar refractivity (Wildman–Crippen MR) is 62.1 cm³/mol. The molecule has 5 nitrogen and oxygen atoms in total. The lowest BCUT2D eigenvalue weighted by Gasteiger charge is -2.16. The largest absolute Gasteiger partial charge is 0.508 e. The normalized spacial score (nSPS) is 9.82. The van der Waals surface area contributed by atoms with E-state index in [0.717, 1.165) is 4.90 Å². The monoisotopic (exact) mass is 257 g/mol. The standard InChI is InChI=1S/C11H12ClNO4/c1-13(6-10(15)17-2)11(16)8-5-7(14)3-4-9(8)12/h3-5,14H,6H2,1-2H3. The molecule has 0 aliphatic rings. The van der Waals surface area contributed by atoms with Crippen molar-refractivity contribution in [3.8, 4) is 5.75 Å². The van der Waals surface area contributed by atoms with Crippen molar-refractivity contribution in [1.82, 2.24) is 4.90 Å². The highest BCUT2D eigenvalue weighted by atomic mass is 35.5. The molecule has 0 fully saturated rings. The molecule has 0 radical (unpaired) electrons. The number of hydrogen-bond acceptors (Lipinski definition) is 4. The van der Waals surface area contributed by atoms with Crippen molar-refractivity contribution in [2.75, 3.05) is 20.7 Å². The van der Waals surface area contributed by atoms with E-state index in [1.165, 1.54) is 32.4 Å². The third-order valence-electron chi connectivity index (χ3n) is 2.12. The minimum Gasteiger partial charge on any atom is -0.508 e. The van der Waals surface area contributed by atoms with Crippen LogP contribution in [0.1, 0.15) is 10.4 Å². The summed E-state index contributed by atoms with van der Waals surface area (Å²) in [5, 5.41) is 9.49. The molecule has 0 heterocycles. The van der Waals surface area contributed by atoms with Crippen LogP contribution in [0.25, 0.3) is 0 Å². The van der Waals surface area contributed by atoms with Crippen molar-refractivity contribution >= 4 is 23.5 Å². The van der Waals surface area contributed by atoms with E-state index in [0.29, 0.717) is 0 Å². The summed E-state index contributed by atoms with van der Waals surface area (Å²) in [6, 6.07) is 4.04. The number of phenolic OH excluding ortho intramolecular Hbond substituents is 1. The van der Waals surface area contributed by atoms with E-state index in [1.54, 1.807) is 0 Å². The average Bonchev–Trinajstić information content (AvgIpc) is 2.31. The second-order valence-corrected chi connectivity index (χ2v) is 3.81. The van der Waals surface area contributed by atoms with Crippen LogP contribution in [-0.2, 0) is 9.53 Å². The summed E-state index contributed by atoms with van der Waals surface area (Å²) in [6.07, 6.45) is 0. The minimum absolute atomic E-state index is 0.0655. The molecule has 0 bridgehead atoms. The molecule has 1 aromatic carbocycles. The van der Waals surface area contributed by atoms with Crippen molar-refractivity contribution < 1.29 is 19.4 Å². The summed E-state index contributed by atoms with van der Waals surface area (Å²) in [5.74, 6) is -1.06.